The van der Waals surface area contributed by atoms with Crippen molar-refractivity contribution in [2.45, 2.75) is 51.6 Å². The van der Waals surface area contributed by atoms with Crippen LogP contribution in [0.4, 0.5) is 5.82 Å². The van der Waals surface area contributed by atoms with Crippen LogP contribution in [-0.2, 0) is 10.2 Å². The second kappa shape index (κ2) is 7.76. The fraction of sp³-hybridized carbons (Fsp3) is 0.706. The molecule has 1 aliphatic rings. The molecule has 2 rings (SSSR count). The first-order valence-electron chi connectivity index (χ1n) is 8.08. The lowest BCUT2D eigenvalue weighted by atomic mass is 9.88. The van der Waals surface area contributed by atoms with Gasteiger partial charge in [0.25, 0.3) is 0 Å². The lowest BCUT2D eigenvalue weighted by Crippen LogP contribution is -2.32. The molecule has 0 saturated carbocycles. The minimum Gasteiger partial charge on any atom is -0.378 e. The number of piperidine rings is 1. The number of nitrogens with one attached hydrogen (secondary N) is 2. The SMILES string of the molecule is CC(C)(C)c1ccc(NCCCOC2CCNCC2)nc1. The van der Waals surface area contributed by atoms with E-state index >= 15 is 0 Å². The molecule has 118 valence electrons. The van der Waals surface area contributed by atoms with Gasteiger partial charge in [-0.25, -0.2) is 4.98 Å². The van der Waals surface area contributed by atoms with Gasteiger partial charge in [-0.2, -0.15) is 0 Å². The summed E-state index contributed by atoms with van der Waals surface area (Å²) in [6.07, 6.45) is 5.72. The smallest absolute Gasteiger partial charge is 0.125 e. The van der Waals surface area contributed by atoms with Crippen molar-refractivity contribution in [1.29, 1.82) is 0 Å². The topological polar surface area (TPSA) is 46.2 Å². The first-order valence-corrected chi connectivity index (χ1v) is 8.08. The maximum atomic E-state index is 5.88. The molecule has 1 saturated heterocycles. The summed E-state index contributed by atoms with van der Waals surface area (Å²) < 4.78 is 5.88. The minimum absolute atomic E-state index is 0.161. The van der Waals surface area contributed by atoms with Gasteiger partial charge < -0.3 is 15.4 Å². The molecule has 1 aromatic heterocycles. The second-order valence-corrected chi connectivity index (χ2v) is 6.78. The lowest BCUT2D eigenvalue weighted by Gasteiger charge is -2.23. The van der Waals surface area contributed by atoms with Gasteiger partial charge >= 0.3 is 0 Å². The van der Waals surface area contributed by atoms with Crippen LogP contribution in [0.5, 0.6) is 0 Å². The standard InChI is InChI=1S/C17H29N3O/c1-17(2,3)14-5-6-16(20-13-14)19-9-4-12-21-15-7-10-18-11-8-15/h5-6,13,15,18H,4,7-12H2,1-3H3,(H,19,20). The molecule has 0 aliphatic carbocycles. The molecule has 4 nitrogen and oxygen atoms in total. The second-order valence-electron chi connectivity index (χ2n) is 6.78. The number of hydrogen-bond acceptors (Lipinski definition) is 4. The normalized spacial score (nSPS) is 16.9. The highest BCUT2D eigenvalue weighted by Gasteiger charge is 2.14. The van der Waals surface area contributed by atoms with Crippen LogP contribution in [0.3, 0.4) is 0 Å². The highest BCUT2D eigenvalue weighted by molar-refractivity contribution is 5.36. The maximum Gasteiger partial charge on any atom is 0.125 e. The van der Waals surface area contributed by atoms with E-state index in [9.17, 15) is 0 Å². The van der Waals surface area contributed by atoms with Gasteiger partial charge in [-0.15, -0.1) is 0 Å². The lowest BCUT2D eigenvalue weighted by molar-refractivity contribution is 0.0329. The average Bonchev–Trinajstić information content (AvgIpc) is 2.47. The van der Waals surface area contributed by atoms with Crippen LogP contribution in [0, 0.1) is 0 Å². The number of rotatable bonds is 6. The summed E-state index contributed by atoms with van der Waals surface area (Å²) in [4.78, 5) is 4.47. The molecule has 0 unspecified atom stereocenters. The molecule has 1 aromatic rings. The molecule has 0 amide bonds. The minimum atomic E-state index is 0.161. The summed E-state index contributed by atoms with van der Waals surface area (Å²) in [5.41, 5.74) is 1.43. The third-order valence-electron chi connectivity index (χ3n) is 3.90. The van der Waals surface area contributed by atoms with E-state index < -0.39 is 0 Å². The molecule has 21 heavy (non-hydrogen) atoms. The van der Waals surface area contributed by atoms with E-state index in [4.69, 9.17) is 4.74 Å². The number of ether oxygens (including phenoxy) is 1. The number of anilines is 1. The third-order valence-corrected chi connectivity index (χ3v) is 3.90. The first-order chi connectivity index (χ1) is 10.1. The van der Waals surface area contributed by atoms with Crippen LogP contribution in [0.1, 0.15) is 45.6 Å². The Hall–Kier alpha value is -1.13. The van der Waals surface area contributed by atoms with E-state index in [0.717, 1.165) is 51.3 Å². The average molecular weight is 291 g/mol. The van der Waals surface area contributed by atoms with Gasteiger partial charge in [0.1, 0.15) is 5.82 Å². The third kappa shape index (κ3) is 5.64. The van der Waals surface area contributed by atoms with E-state index in [1.54, 1.807) is 0 Å². The van der Waals surface area contributed by atoms with Crippen LogP contribution in [-0.4, -0.2) is 37.3 Å². The molecular weight excluding hydrogens is 262 g/mol. The van der Waals surface area contributed by atoms with Crippen LogP contribution < -0.4 is 10.6 Å². The zero-order chi connectivity index (χ0) is 15.1. The summed E-state index contributed by atoms with van der Waals surface area (Å²) in [5, 5.41) is 6.71. The van der Waals surface area contributed by atoms with Gasteiger partial charge in [-0.3, -0.25) is 0 Å². The van der Waals surface area contributed by atoms with Crippen molar-refractivity contribution in [3.05, 3.63) is 23.9 Å². The van der Waals surface area contributed by atoms with Crippen LogP contribution in [0.2, 0.25) is 0 Å². The molecule has 0 spiro atoms. The monoisotopic (exact) mass is 291 g/mol. The Bertz CT molecular complexity index is 405. The summed E-state index contributed by atoms with van der Waals surface area (Å²) in [6, 6.07) is 4.22. The van der Waals surface area contributed by atoms with Crippen molar-refractivity contribution >= 4 is 5.82 Å². The fourth-order valence-corrected chi connectivity index (χ4v) is 2.44. The number of pyridine rings is 1. The van der Waals surface area contributed by atoms with E-state index in [0.29, 0.717) is 6.10 Å². The number of nitrogens with zero attached hydrogens (tertiary/aromatic N) is 1. The van der Waals surface area contributed by atoms with Crippen LogP contribution in [0.15, 0.2) is 18.3 Å². The first kappa shape index (κ1) is 16.2. The van der Waals surface area contributed by atoms with Gasteiger partial charge in [-0.1, -0.05) is 26.8 Å². The maximum absolute atomic E-state index is 5.88. The largest absolute Gasteiger partial charge is 0.378 e. The zero-order valence-electron chi connectivity index (χ0n) is 13.6. The Kier molecular flexibility index (Phi) is 6.00. The number of aromatic nitrogens is 1. The molecule has 0 atom stereocenters. The van der Waals surface area contributed by atoms with Gasteiger partial charge in [0.2, 0.25) is 0 Å². The highest BCUT2D eigenvalue weighted by Crippen LogP contribution is 2.21. The molecule has 0 aromatic carbocycles. The van der Waals surface area contributed by atoms with Crippen LogP contribution in [0.25, 0.3) is 0 Å². The van der Waals surface area contributed by atoms with Crippen molar-refractivity contribution in [2.75, 3.05) is 31.6 Å². The Morgan fingerprint density at radius 1 is 1.29 bits per heavy atom. The summed E-state index contributed by atoms with van der Waals surface area (Å²) in [5.74, 6) is 0.949. The summed E-state index contributed by atoms with van der Waals surface area (Å²) in [7, 11) is 0. The molecule has 2 heterocycles. The van der Waals surface area contributed by atoms with E-state index in [2.05, 4.69) is 48.5 Å². The quantitative estimate of drug-likeness (QED) is 0.791. The zero-order valence-corrected chi connectivity index (χ0v) is 13.6. The van der Waals surface area contributed by atoms with Gasteiger partial charge in [0, 0.05) is 19.3 Å². The molecule has 1 fully saturated rings. The molecule has 0 radical (unpaired) electrons. The Labute approximate surface area is 128 Å². The van der Waals surface area contributed by atoms with E-state index in [1.807, 2.05) is 6.20 Å². The van der Waals surface area contributed by atoms with Gasteiger partial charge in [-0.05, 0) is 49.4 Å². The fourth-order valence-electron chi connectivity index (χ4n) is 2.44. The predicted octanol–water partition coefficient (Wildman–Crippen LogP) is 2.95. The molecule has 1 aliphatic heterocycles. The van der Waals surface area contributed by atoms with Crippen molar-refractivity contribution in [3.8, 4) is 0 Å². The predicted molar refractivity (Wildman–Crippen MR) is 87.9 cm³/mol. The Morgan fingerprint density at radius 3 is 2.67 bits per heavy atom. The Morgan fingerprint density at radius 2 is 2.05 bits per heavy atom. The highest BCUT2D eigenvalue weighted by atomic mass is 16.5. The van der Waals surface area contributed by atoms with E-state index in [-0.39, 0.29) is 5.41 Å². The van der Waals surface area contributed by atoms with Crippen molar-refractivity contribution < 1.29 is 4.74 Å². The summed E-state index contributed by atoms with van der Waals surface area (Å²) >= 11 is 0. The van der Waals surface area contributed by atoms with Crippen LogP contribution >= 0.6 is 0 Å². The molecule has 2 N–H and O–H groups in total. The number of hydrogen-bond donors (Lipinski definition) is 2. The van der Waals surface area contributed by atoms with Crippen molar-refractivity contribution in [1.82, 2.24) is 10.3 Å². The summed E-state index contributed by atoms with van der Waals surface area (Å²) in [6.45, 7) is 10.5. The van der Waals surface area contributed by atoms with Gasteiger partial charge in [0.15, 0.2) is 0 Å². The van der Waals surface area contributed by atoms with Crippen molar-refractivity contribution in [3.63, 3.8) is 0 Å². The molecular formula is C17H29N3O. The Balaban J connectivity index is 1.62. The van der Waals surface area contributed by atoms with E-state index in [1.165, 1.54) is 5.56 Å². The molecule has 4 heteroatoms. The van der Waals surface area contributed by atoms with Crippen molar-refractivity contribution in [2.24, 2.45) is 0 Å². The molecule has 0 bridgehead atoms. The van der Waals surface area contributed by atoms with Gasteiger partial charge in [0.05, 0.1) is 6.10 Å².